The Morgan fingerprint density at radius 2 is 2.14 bits per heavy atom. The molecule has 5 nitrogen and oxygen atoms in total. The Hall–Kier alpha value is -2.04. The first kappa shape index (κ1) is 16.3. The Bertz CT molecular complexity index is 529. The Kier molecular flexibility index (Phi) is 5.81. The third-order valence-corrected chi connectivity index (χ3v) is 4.17. The monoisotopic (exact) mass is 305 g/mol. The lowest BCUT2D eigenvalue weighted by molar-refractivity contribution is -0.137. The van der Waals surface area contributed by atoms with Gasteiger partial charge in [-0.05, 0) is 31.2 Å². The normalized spacial score (nSPS) is 18.0. The van der Waals surface area contributed by atoms with Gasteiger partial charge in [0.05, 0.1) is 13.5 Å². The molecule has 1 aliphatic heterocycles. The quantitative estimate of drug-likeness (QED) is 0.876. The minimum atomic E-state index is -0.766. The first-order valence-corrected chi connectivity index (χ1v) is 7.71. The minimum absolute atomic E-state index is 0.0875. The summed E-state index contributed by atoms with van der Waals surface area (Å²) in [5, 5.41) is 8.78. The second kappa shape index (κ2) is 7.82. The van der Waals surface area contributed by atoms with Gasteiger partial charge in [0.2, 0.25) is 5.91 Å². The largest absolute Gasteiger partial charge is 0.496 e. The zero-order valence-corrected chi connectivity index (χ0v) is 13.0. The molecule has 1 aromatic carbocycles. The van der Waals surface area contributed by atoms with Gasteiger partial charge in [-0.25, -0.2) is 0 Å². The van der Waals surface area contributed by atoms with Crippen LogP contribution in [0.4, 0.5) is 0 Å². The van der Waals surface area contributed by atoms with E-state index in [1.807, 2.05) is 29.2 Å². The number of hydrogen-bond donors (Lipinski definition) is 1. The maximum atomic E-state index is 12.5. The van der Waals surface area contributed by atoms with Gasteiger partial charge in [-0.15, -0.1) is 0 Å². The standard InChI is InChI=1S/C17H23NO4/c1-22-15-7-3-2-6-14(15)11-16(19)18-10-4-5-13(12-18)8-9-17(20)21/h2-3,6-7,13H,4-5,8-12H2,1H3,(H,20,21)/t13-/m0/s1. The molecule has 1 aliphatic rings. The maximum absolute atomic E-state index is 12.5. The van der Waals surface area contributed by atoms with E-state index in [1.165, 1.54) is 0 Å². The fourth-order valence-electron chi connectivity index (χ4n) is 2.98. The van der Waals surface area contributed by atoms with Crippen LogP contribution in [-0.4, -0.2) is 42.1 Å². The number of carboxylic acids is 1. The number of piperidine rings is 1. The first-order valence-electron chi connectivity index (χ1n) is 7.71. The van der Waals surface area contributed by atoms with Crippen molar-refractivity contribution in [1.82, 2.24) is 4.90 Å². The lowest BCUT2D eigenvalue weighted by Gasteiger charge is -2.32. The molecule has 1 heterocycles. The van der Waals surface area contributed by atoms with Gasteiger partial charge in [-0.1, -0.05) is 18.2 Å². The van der Waals surface area contributed by atoms with Crippen LogP contribution in [0, 0.1) is 5.92 Å². The number of likely N-dealkylation sites (tertiary alicyclic amines) is 1. The molecule has 0 radical (unpaired) electrons. The van der Waals surface area contributed by atoms with Gasteiger partial charge in [0.15, 0.2) is 0 Å². The van der Waals surface area contributed by atoms with Crippen LogP contribution in [-0.2, 0) is 16.0 Å². The minimum Gasteiger partial charge on any atom is -0.496 e. The van der Waals surface area contributed by atoms with Crippen LogP contribution >= 0.6 is 0 Å². The van der Waals surface area contributed by atoms with E-state index in [-0.39, 0.29) is 12.3 Å². The zero-order chi connectivity index (χ0) is 15.9. The van der Waals surface area contributed by atoms with Gasteiger partial charge < -0.3 is 14.7 Å². The summed E-state index contributed by atoms with van der Waals surface area (Å²) in [6.07, 6.45) is 3.11. The Labute approximate surface area is 130 Å². The number of hydrogen-bond acceptors (Lipinski definition) is 3. The Morgan fingerprint density at radius 3 is 2.86 bits per heavy atom. The van der Waals surface area contributed by atoms with Gasteiger partial charge in [-0.2, -0.15) is 0 Å². The van der Waals surface area contributed by atoms with E-state index >= 15 is 0 Å². The number of methoxy groups -OCH3 is 1. The molecule has 2 rings (SSSR count). The predicted octanol–water partition coefficient (Wildman–Crippen LogP) is 2.34. The summed E-state index contributed by atoms with van der Waals surface area (Å²) in [6, 6.07) is 7.55. The Morgan fingerprint density at radius 1 is 1.36 bits per heavy atom. The second-order valence-corrected chi connectivity index (χ2v) is 5.77. The Balaban J connectivity index is 1.92. The molecular formula is C17H23NO4. The fraction of sp³-hybridized carbons (Fsp3) is 0.529. The van der Waals surface area contributed by atoms with Crippen LogP contribution in [0.25, 0.3) is 0 Å². The van der Waals surface area contributed by atoms with Crippen LogP contribution in [0.2, 0.25) is 0 Å². The van der Waals surface area contributed by atoms with Gasteiger partial charge in [0.1, 0.15) is 5.75 Å². The molecule has 5 heteroatoms. The SMILES string of the molecule is COc1ccccc1CC(=O)N1CCC[C@@H](CCC(=O)O)C1. The number of amides is 1. The van der Waals surface area contributed by atoms with Gasteiger partial charge in [-0.3, -0.25) is 9.59 Å². The molecule has 120 valence electrons. The van der Waals surface area contributed by atoms with Crippen molar-refractivity contribution in [3.05, 3.63) is 29.8 Å². The van der Waals surface area contributed by atoms with E-state index in [0.29, 0.717) is 25.3 Å². The number of carboxylic acid groups (broad SMARTS) is 1. The van der Waals surface area contributed by atoms with E-state index in [1.54, 1.807) is 7.11 Å². The summed E-state index contributed by atoms with van der Waals surface area (Å²) < 4.78 is 5.28. The molecule has 22 heavy (non-hydrogen) atoms. The van der Waals surface area contributed by atoms with E-state index in [9.17, 15) is 9.59 Å². The number of carbonyl (C=O) groups is 2. The molecule has 0 aliphatic carbocycles. The van der Waals surface area contributed by atoms with Gasteiger partial charge >= 0.3 is 5.97 Å². The molecule has 0 aromatic heterocycles. The van der Waals surface area contributed by atoms with Crippen LogP contribution in [0.5, 0.6) is 5.75 Å². The molecule has 0 spiro atoms. The van der Waals surface area contributed by atoms with E-state index < -0.39 is 5.97 Å². The molecule has 1 saturated heterocycles. The molecule has 1 N–H and O–H groups in total. The number of para-hydroxylation sites is 1. The summed E-state index contributed by atoms with van der Waals surface area (Å²) in [4.78, 5) is 25.0. The average molecular weight is 305 g/mol. The number of aliphatic carboxylic acids is 1. The fourth-order valence-corrected chi connectivity index (χ4v) is 2.98. The van der Waals surface area contributed by atoms with Crippen LogP contribution in [0.3, 0.4) is 0 Å². The highest BCUT2D eigenvalue weighted by Crippen LogP contribution is 2.23. The highest BCUT2D eigenvalue weighted by atomic mass is 16.5. The summed E-state index contributed by atoms with van der Waals surface area (Å²) in [6.45, 7) is 1.43. The van der Waals surface area contributed by atoms with Crippen molar-refractivity contribution in [3.8, 4) is 5.75 Å². The summed E-state index contributed by atoms with van der Waals surface area (Å²) in [5.41, 5.74) is 0.891. The lowest BCUT2D eigenvalue weighted by Crippen LogP contribution is -2.40. The van der Waals surface area contributed by atoms with E-state index in [2.05, 4.69) is 0 Å². The highest BCUT2D eigenvalue weighted by molar-refractivity contribution is 5.79. The van der Waals surface area contributed by atoms with Crippen molar-refractivity contribution >= 4 is 11.9 Å². The number of ether oxygens (including phenoxy) is 1. The van der Waals surface area contributed by atoms with Crippen LogP contribution < -0.4 is 4.74 Å². The summed E-state index contributed by atoms with van der Waals surface area (Å²) in [5.74, 6) is 0.351. The van der Waals surface area contributed by atoms with Crippen molar-refractivity contribution in [2.24, 2.45) is 5.92 Å². The molecule has 0 unspecified atom stereocenters. The highest BCUT2D eigenvalue weighted by Gasteiger charge is 2.24. The molecule has 0 bridgehead atoms. The zero-order valence-electron chi connectivity index (χ0n) is 13.0. The average Bonchev–Trinajstić information content (AvgIpc) is 2.53. The molecule has 1 amide bonds. The molecule has 1 atom stereocenters. The van der Waals surface area contributed by atoms with Crippen molar-refractivity contribution in [3.63, 3.8) is 0 Å². The van der Waals surface area contributed by atoms with Crippen molar-refractivity contribution in [1.29, 1.82) is 0 Å². The smallest absolute Gasteiger partial charge is 0.303 e. The first-order chi connectivity index (χ1) is 10.6. The van der Waals surface area contributed by atoms with Crippen LogP contribution in [0.1, 0.15) is 31.2 Å². The maximum Gasteiger partial charge on any atom is 0.303 e. The third kappa shape index (κ3) is 4.48. The molecule has 1 fully saturated rings. The predicted molar refractivity (Wildman–Crippen MR) is 82.9 cm³/mol. The number of carbonyl (C=O) groups excluding carboxylic acids is 1. The summed E-state index contributed by atoms with van der Waals surface area (Å²) >= 11 is 0. The topological polar surface area (TPSA) is 66.8 Å². The van der Waals surface area contributed by atoms with Gasteiger partial charge in [0.25, 0.3) is 0 Å². The van der Waals surface area contributed by atoms with Crippen LogP contribution in [0.15, 0.2) is 24.3 Å². The molecule has 1 aromatic rings. The third-order valence-electron chi connectivity index (χ3n) is 4.17. The number of benzene rings is 1. The van der Waals surface area contributed by atoms with Crippen molar-refractivity contribution in [2.75, 3.05) is 20.2 Å². The molecule has 0 saturated carbocycles. The summed E-state index contributed by atoms with van der Waals surface area (Å²) in [7, 11) is 1.60. The number of rotatable bonds is 6. The van der Waals surface area contributed by atoms with Crippen molar-refractivity contribution < 1.29 is 19.4 Å². The second-order valence-electron chi connectivity index (χ2n) is 5.77. The molecular weight excluding hydrogens is 282 g/mol. The van der Waals surface area contributed by atoms with E-state index in [4.69, 9.17) is 9.84 Å². The van der Waals surface area contributed by atoms with E-state index in [0.717, 1.165) is 30.7 Å². The number of nitrogens with zero attached hydrogens (tertiary/aromatic N) is 1. The van der Waals surface area contributed by atoms with Gasteiger partial charge in [0, 0.05) is 25.1 Å². The lowest BCUT2D eigenvalue weighted by atomic mass is 9.93. The van der Waals surface area contributed by atoms with Crippen molar-refractivity contribution in [2.45, 2.75) is 32.1 Å².